The van der Waals surface area contributed by atoms with Gasteiger partial charge in [0.25, 0.3) is 0 Å². The van der Waals surface area contributed by atoms with Crippen molar-refractivity contribution in [2.24, 2.45) is 0 Å². The first-order chi connectivity index (χ1) is 12.6. The Morgan fingerprint density at radius 2 is 1.27 bits per heavy atom. The Morgan fingerprint density at radius 3 is 1.88 bits per heavy atom. The largest absolute Gasteiger partial charge is 0.464 e. The van der Waals surface area contributed by atoms with E-state index >= 15 is 0 Å². The molecule has 0 atom stereocenters. The van der Waals surface area contributed by atoms with Gasteiger partial charge in [-0.25, -0.2) is 9.59 Å². The van der Waals surface area contributed by atoms with Crippen LogP contribution in [0.2, 0.25) is 0 Å². The second kappa shape index (κ2) is 13.9. The van der Waals surface area contributed by atoms with Gasteiger partial charge in [-0.2, -0.15) is 0 Å². The summed E-state index contributed by atoms with van der Waals surface area (Å²) in [5, 5.41) is 2.82. The molecule has 1 N–H and O–H groups in total. The van der Waals surface area contributed by atoms with Gasteiger partial charge in [-0.15, -0.1) is 0 Å². The Kier molecular flexibility index (Phi) is 12.2. The quantitative estimate of drug-likeness (QED) is 0.324. The summed E-state index contributed by atoms with van der Waals surface area (Å²) < 4.78 is 10.7. The van der Waals surface area contributed by atoms with E-state index in [1.54, 1.807) is 0 Å². The van der Waals surface area contributed by atoms with Crippen LogP contribution in [0.4, 0.5) is 4.79 Å². The summed E-state index contributed by atoms with van der Waals surface area (Å²) in [7, 11) is 0. The second-order valence-electron chi connectivity index (χ2n) is 7.51. The van der Waals surface area contributed by atoms with Crippen molar-refractivity contribution in [1.82, 2.24) is 5.32 Å². The maximum absolute atomic E-state index is 12.5. The standard InChI is InChI=1S/C21H39NO4/c1-3-5-7-9-10-14-18-26-20(24)22-21(15-11-12-16-21)19(23)25-17-13-8-6-4-2/h3-18H2,1-2H3,(H,22,24). The molecule has 1 rings (SSSR count). The number of rotatable bonds is 14. The molecule has 1 fully saturated rings. The summed E-state index contributed by atoms with van der Waals surface area (Å²) in [6.45, 7) is 5.21. The number of carbonyl (C=O) groups is 2. The van der Waals surface area contributed by atoms with Gasteiger partial charge in [0.05, 0.1) is 13.2 Å². The fourth-order valence-electron chi connectivity index (χ4n) is 3.47. The molecule has 1 saturated carbocycles. The first-order valence-electron chi connectivity index (χ1n) is 10.8. The maximum Gasteiger partial charge on any atom is 0.408 e. The zero-order valence-electron chi connectivity index (χ0n) is 16.9. The fourth-order valence-corrected chi connectivity index (χ4v) is 3.47. The number of hydrogen-bond acceptors (Lipinski definition) is 4. The third-order valence-electron chi connectivity index (χ3n) is 5.15. The van der Waals surface area contributed by atoms with Crippen molar-refractivity contribution >= 4 is 12.1 Å². The van der Waals surface area contributed by atoms with Gasteiger partial charge in [0, 0.05) is 0 Å². The molecule has 0 saturated heterocycles. The van der Waals surface area contributed by atoms with Crippen LogP contribution in [0, 0.1) is 0 Å². The van der Waals surface area contributed by atoms with Gasteiger partial charge in [0.1, 0.15) is 5.54 Å². The van der Waals surface area contributed by atoms with Gasteiger partial charge in [-0.3, -0.25) is 0 Å². The lowest BCUT2D eigenvalue weighted by atomic mass is 9.98. The molecule has 0 heterocycles. The SMILES string of the molecule is CCCCCCCCOC(=O)NC1(C(=O)OCCCCCC)CCCC1. The van der Waals surface area contributed by atoms with E-state index in [4.69, 9.17) is 9.47 Å². The van der Waals surface area contributed by atoms with E-state index in [0.29, 0.717) is 26.1 Å². The van der Waals surface area contributed by atoms with Crippen LogP contribution in [0.5, 0.6) is 0 Å². The number of amides is 1. The molecular formula is C21H39NO4. The molecule has 1 aliphatic carbocycles. The highest BCUT2D eigenvalue weighted by atomic mass is 16.6. The molecule has 5 heteroatoms. The predicted octanol–water partition coefficient (Wildman–Crippen LogP) is 5.51. The second-order valence-corrected chi connectivity index (χ2v) is 7.51. The van der Waals surface area contributed by atoms with Crippen LogP contribution in [0.15, 0.2) is 0 Å². The smallest absolute Gasteiger partial charge is 0.408 e. The average molecular weight is 370 g/mol. The lowest BCUT2D eigenvalue weighted by molar-refractivity contribution is -0.151. The van der Waals surface area contributed by atoms with Crippen molar-refractivity contribution in [3.8, 4) is 0 Å². The number of alkyl carbamates (subject to hydrolysis) is 1. The lowest BCUT2D eigenvalue weighted by Crippen LogP contribution is -2.53. The lowest BCUT2D eigenvalue weighted by Gasteiger charge is -2.27. The van der Waals surface area contributed by atoms with Crippen LogP contribution in [0.25, 0.3) is 0 Å². The van der Waals surface area contributed by atoms with E-state index in [9.17, 15) is 9.59 Å². The minimum atomic E-state index is -0.872. The summed E-state index contributed by atoms with van der Waals surface area (Å²) in [6.07, 6.45) is 13.8. The first kappa shape index (κ1) is 22.8. The van der Waals surface area contributed by atoms with Crippen LogP contribution in [-0.4, -0.2) is 30.8 Å². The Balaban J connectivity index is 2.27. The third-order valence-corrected chi connectivity index (χ3v) is 5.15. The number of unbranched alkanes of at least 4 members (excludes halogenated alkanes) is 8. The van der Waals surface area contributed by atoms with Crippen molar-refractivity contribution in [1.29, 1.82) is 0 Å². The topological polar surface area (TPSA) is 64.6 Å². The zero-order chi connectivity index (χ0) is 19.1. The monoisotopic (exact) mass is 369 g/mol. The Labute approximate surface area is 159 Å². The van der Waals surface area contributed by atoms with Crippen molar-refractivity contribution in [2.45, 2.75) is 109 Å². The van der Waals surface area contributed by atoms with E-state index in [1.807, 2.05) is 0 Å². The molecule has 26 heavy (non-hydrogen) atoms. The Morgan fingerprint density at radius 1 is 0.769 bits per heavy atom. The van der Waals surface area contributed by atoms with Crippen LogP contribution in [-0.2, 0) is 14.3 Å². The number of nitrogens with one attached hydrogen (secondary N) is 1. The minimum absolute atomic E-state index is 0.289. The van der Waals surface area contributed by atoms with E-state index in [1.165, 1.54) is 25.7 Å². The van der Waals surface area contributed by atoms with Gasteiger partial charge in [0.15, 0.2) is 0 Å². The van der Waals surface area contributed by atoms with E-state index in [0.717, 1.165) is 51.4 Å². The molecule has 0 aliphatic heterocycles. The molecular weight excluding hydrogens is 330 g/mol. The van der Waals surface area contributed by atoms with Gasteiger partial charge in [-0.05, 0) is 25.7 Å². The molecule has 0 bridgehead atoms. The van der Waals surface area contributed by atoms with Crippen LogP contribution in [0.1, 0.15) is 104 Å². The summed E-state index contributed by atoms with van der Waals surface area (Å²) in [4.78, 5) is 24.6. The van der Waals surface area contributed by atoms with Gasteiger partial charge >= 0.3 is 12.1 Å². The fraction of sp³-hybridized carbons (Fsp3) is 0.905. The van der Waals surface area contributed by atoms with Crippen LogP contribution in [0.3, 0.4) is 0 Å². The summed E-state index contributed by atoms with van der Waals surface area (Å²) in [6, 6.07) is 0. The van der Waals surface area contributed by atoms with Crippen molar-refractivity contribution in [3.05, 3.63) is 0 Å². The van der Waals surface area contributed by atoms with Gasteiger partial charge < -0.3 is 14.8 Å². The van der Waals surface area contributed by atoms with Gasteiger partial charge in [-0.1, -0.05) is 78.1 Å². The molecule has 5 nitrogen and oxygen atoms in total. The average Bonchev–Trinajstić information content (AvgIpc) is 3.10. The first-order valence-corrected chi connectivity index (χ1v) is 10.8. The highest BCUT2D eigenvalue weighted by molar-refractivity contribution is 5.86. The molecule has 0 radical (unpaired) electrons. The Hall–Kier alpha value is -1.26. The van der Waals surface area contributed by atoms with Crippen LogP contribution < -0.4 is 5.32 Å². The summed E-state index contributed by atoms with van der Waals surface area (Å²) >= 11 is 0. The number of ether oxygens (including phenoxy) is 2. The van der Waals surface area contributed by atoms with Gasteiger partial charge in [0.2, 0.25) is 0 Å². The predicted molar refractivity (Wildman–Crippen MR) is 104 cm³/mol. The van der Waals surface area contributed by atoms with E-state index < -0.39 is 11.6 Å². The zero-order valence-corrected chi connectivity index (χ0v) is 16.9. The number of hydrogen-bond donors (Lipinski definition) is 1. The third kappa shape index (κ3) is 8.91. The highest BCUT2D eigenvalue weighted by Gasteiger charge is 2.44. The van der Waals surface area contributed by atoms with E-state index in [2.05, 4.69) is 19.2 Å². The molecule has 0 unspecified atom stereocenters. The molecule has 0 aromatic rings. The number of esters is 1. The molecule has 152 valence electrons. The van der Waals surface area contributed by atoms with Crippen molar-refractivity contribution in [3.63, 3.8) is 0 Å². The minimum Gasteiger partial charge on any atom is -0.464 e. The van der Waals surface area contributed by atoms with Crippen molar-refractivity contribution < 1.29 is 19.1 Å². The number of carbonyl (C=O) groups excluding carboxylic acids is 2. The highest BCUT2D eigenvalue weighted by Crippen LogP contribution is 2.31. The Bertz CT molecular complexity index is 391. The molecule has 1 amide bonds. The summed E-state index contributed by atoms with van der Waals surface area (Å²) in [5.41, 5.74) is -0.872. The molecule has 0 aromatic heterocycles. The maximum atomic E-state index is 12.5. The molecule has 0 aromatic carbocycles. The van der Waals surface area contributed by atoms with E-state index in [-0.39, 0.29) is 5.97 Å². The van der Waals surface area contributed by atoms with Crippen molar-refractivity contribution in [2.75, 3.05) is 13.2 Å². The molecule has 1 aliphatic rings. The molecule has 0 spiro atoms. The summed E-state index contributed by atoms with van der Waals surface area (Å²) in [5.74, 6) is -0.289. The normalized spacial score (nSPS) is 15.6. The van der Waals surface area contributed by atoms with Crippen LogP contribution >= 0.6 is 0 Å².